The third-order valence-electron chi connectivity index (χ3n) is 10.9. The number of hydrogen-bond acceptors (Lipinski definition) is 0. The van der Waals surface area contributed by atoms with Crippen molar-refractivity contribution in [2.24, 2.45) is 0 Å². The molecule has 0 bridgehead atoms. The zero-order valence-electron chi connectivity index (χ0n) is 29.9. The van der Waals surface area contributed by atoms with Crippen molar-refractivity contribution in [3.05, 3.63) is 106 Å². The van der Waals surface area contributed by atoms with Gasteiger partial charge in [-0.2, -0.15) is 52.7 Å². The van der Waals surface area contributed by atoms with Crippen LogP contribution in [-0.4, -0.2) is 17.0 Å². The Bertz CT molecular complexity index is 1730. The predicted molar refractivity (Wildman–Crippen MR) is 196 cm³/mol. The van der Waals surface area contributed by atoms with Crippen LogP contribution in [0.1, 0.15) is 105 Å². The van der Waals surface area contributed by atoms with E-state index in [-0.39, 0.29) is 12.1 Å². The topological polar surface area (TPSA) is 0 Å². The van der Waals surface area contributed by atoms with Gasteiger partial charge in [-0.15, -0.1) is 0 Å². The summed E-state index contributed by atoms with van der Waals surface area (Å²) in [4.78, 5) is 0. The van der Waals surface area contributed by atoms with Crippen molar-refractivity contribution < 1.29 is 52.7 Å². The van der Waals surface area contributed by atoms with Crippen LogP contribution in [0, 0.1) is 0 Å². The molecule has 3 aliphatic carbocycles. The first-order chi connectivity index (χ1) is 25.7. The van der Waals surface area contributed by atoms with Crippen LogP contribution >= 0.6 is 15.8 Å². The van der Waals surface area contributed by atoms with Gasteiger partial charge in [0.2, 0.25) is 0 Å². The van der Waals surface area contributed by atoms with E-state index in [1.807, 2.05) is 18.2 Å². The molecule has 0 aromatic heterocycles. The predicted octanol–water partition coefficient (Wildman–Crippen LogP) is 13.8. The van der Waals surface area contributed by atoms with Crippen molar-refractivity contribution in [2.45, 2.75) is 119 Å². The Morgan fingerprint density at radius 3 is 1.35 bits per heavy atom. The van der Waals surface area contributed by atoms with E-state index in [9.17, 15) is 52.7 Å². The molecular formula is C41H40F12P2. The second-order valence-electron chi connectivity index (χ2n) is 14.6. The minimum Gasteiger partial charge on any atom is -0.166 e. The number of allylic oxidation sites excluding steroid dienone is 4. The molecule has 3 aliphatic rings. The lowest BCUT2D eigenvalue weighted by Crippen LogP contribution is -2.28. The van der Waals surface area contributed by atoms with Crippen LogP contribution in [0.15, 0.2) is 78.4 Å². The van der Waals surface area contributed by atoms with E-state index >= 15 is 0 Å². The number of halogens is 12. The molecule has 0 aliphatic heterocycles. The lowest BCUT2D eigenvalue weighted by atomic mass is 9.99. The van der Waals surface area contributed by atoms with Crippen LogP contribution in [0.2, 0.25) is 0 Å². The molecular weight excluding hydrogens is 782 g/mol. The van der Waals surface area contributed by atoms with Gasteiger partial charge in [0.05, 0.1) is 22.3 Å². The van der Waals surface area contributed by atoms with Crippen molar-refractivity contribution in [3.8, 4) is 0 Å². The number of benzene rings is 3. The van der Waals surface area contributed by atoms with Gasteiger partial charge in [0.25, 0.3) is 0 Å². The van der Waals surface area contributed by atoms with Crippen LogP contribution in [0.25, 0.3) is 5.57 Å². The molecule has 298 valence electrons. The minimum absolute atomic E-state index is 0.0931. The van der Waals surface area contributed by atoms with Gasteiger partial charge in [0.15, 0.2) is 0 Å². The molecule has 0 radical (unpaired) electrons. The normalized spacial score (nSPS) is 18.9. The molecule has 3 aromatic rings. The Kier molecular flexibility index (Phi) is 12.3. The maximum absolute atomic E-state index is 14.2. The zero-order valence-corrected chi connectivity index (χ0v) is 31.7. The standard InChI is InChI=1S/C41H40F12P2/c1-25(34-16-10-17-35(34)36-15-8-9-18-37(36)55(30-11-4-2-5-12-30)31-13-6-3-7-14-31)54(32-21-26(38(42,43)44)19-27(22-32)39(45,46)47)33-23-28(40(48,49)50)20-29(24-33)41(51,52)53/h8-10,15-16,18-25,30-31H,2-7,11-14,17H2,1H3. The van der Waals surface area contributed by atoms with Gasteiger partial charge in [0, 0.05) is 5.66 Å². The lowest BCUT2D eigenvalue weighted by Gasteiger charge is -2.40. The van der Waals surface area contributed by atoms with E-state index in [4.69, 9.17) is 0 Å². The first-order valence-electron chi connectivity index (χ1n) is 18.4. The summed E-state index contributed by atoms with van der Waals surface area (Å²) in [6.45, 7) is 1.48. The Labute approximate surface area is 315 Å². The van der Waals surface area contributed by atoms with Gasteiger partial charge >= 0.3 is 24.7 Å². The van der Waals surface area contributed by atoms with E-state index in [0.29, 0.717) is 47.6 Å². The molecule has 0 N–H and O–H groups in total. The van der Waals surface area contributed by atoms with Crippen LogP contribution in [0.4, 0.5) is 52.7 Å². The maximum atomic E-state index is 14.2. The van der Waals surface area contributed by atoms with Gasteiger partial charge in [0.1, 0.15) is 0 Å². The van der Waals surface area contributed by atoms with Gasteiger partial charge < -0.3 is 0 Å². The molecule has 1 atom stereocenters. The average molecular weight is 823 g/mol. The molecule has 0 spiro atoms. The van der Waals surface area contributed by atoms with Crippen molar-refractivity contribution in [3.63, 3.8) is 0 Å². The minimum atomic E-state index is -5.29. The molecule has 1 unspecified atom stereocenters. The first kappa shape index (κ1) is 41.8. The first-order valence-corrected chi connectivity index (χ1v) is 21.3. The van der Waals surface area contributed by atoms with Gasteiger partial charge in [-0.1, -0.05) is 89.8 Å². The molecule has 2 saturated carbocycles. The Hall–Kier alpha value is -2.84. The molecule has 0 amide bonds. The number of alkyl halides is 12. The molecule has 3 aromatic carbocycles. The summed E-state index contributed by atoms with van der Waals surface area (Å²) >= 11 is 0. The van der Waals surface area contributed by atoms with Crippen LogP contribution in [0.3, 0.4) is 0 Å². The van der Waals surface area contributed by atoms with E-state index in [1.165, 1.54) is 6.92 Å². The van der Waals surface area contributed by atoms with Crippen LogP contribution in [-0.2, 0) is 24.7 Å². The molecule has 55 heavy (non-hydrogen) atoms. The highest BCUT2D eigenvalue weighted by Crippen LogP contribution is 2.57. The van der Waals surface area contributed by atoms with Crippen LogP contribution < -0.4 is 15.9 Å². The number of hydrogen-bond donors (Lipinski definition) is 0. The summed E-state index contributed by atoms with van der Waals surface area (Å²) in [6, 6.07) is 9.42. The highest BCUT2D eigenvalue weighted by atomic mass is 31.1. The molecule has 0 nitrogen and oxygen atoms in total. The van der Waals surface area contributed by atoms with Crippen LogP contribution in [0.5, 0.6) is 0 Å². The summed E-state index contributed by atoms with van der Waals surface area (Å²) in [6.07, 6.45) is -6.29. The summed E-state index contributed by atoms with van der Waals surface area (Å²) in [7, 11) is -3.44. The Morgan fingerprint density at radius 2 is 0.945 bits per heavy atom. The van der Waals surface area contributed by atoms with E-state index < -0.39 is 79.1 Å². The van der Waals surface area contributed by atoms with Crippen molar-refractivity contribution >= 4 is 37.3 Å². The molecule has 6 rings (SSSR count). The third kappa shape index (κ3) is 9.49. The monoisotopic (exact) mass is 822 g/mol. The fourth-order valence-electron chi connectivity index (χ4n) is 8.43. The summed E-state index contributed by atoms with van der Waals surface area (Å²) in [5.41, 5.74) is -4.87. The Morgan fingerprint density at radius 1 is 0.545 bits per heavy atom. The third-order valence-corrected chi connectivity index (χ3v) is 17.2. The van der Waals surface area contributed by atoms with E-state index in [0.717, 1.165) is 80.6 Å². The van der Waals surface area contributed by atoms with Gasteiger partial charge in [-0.3, -0.25) is 0 Å². The second kappa shape index (κ2) is 16.2. The summed E-state index contributed by atoms with van der Waals surface area (Å²) < 4.78 is 170. The zero-order chi connectivity index (χ0) is 39.9. The fourth-order valence-corrected chi connectivity index (χ4v) is 15.2. The molecule has 0 saturated heterocycles. The SMILES string of the molecule is CC(C1=C(c2ccccc2P(C2CCCCC2)C2CCCCC2)CC=C1)P(c1cc(C(F)(F)F)cc(C(F)(F)F)c1)c1cc(C(F)(F)F)cc(C(F)(F)F)c1. The average Bonchev–Trinajstić information content (AvgIpc) is 3.61. The van der Waals surface area contributed by atoms with Crippen molar-refractivity contribution in [1.82, 2.24) is 0 Å². The van der Waals surface area contributed by atoms with E-state index in [2.05, 4.69) is 6.07 Å². The van der Waals surface area contributed by atoms with Crippen molar-refractivity contribution in [1.29, 1.82) is 0 Å². The highest BCUT2D eigenvalue weighted by Gasteiger charge is 2.42. The van der Waals surface area contributed by atoms with Gasteiger partial charge in [-0.05, 0) is 120 Å². The largest absolute Gasteiger partial charge is 0.416 e. The summed E-state index contributed by atoms with van der Waals surface area (Å²) in [5, 5.41) is -0.116. The molecule has 14 heteroatoms. The fraction of sp³-hybridized carbons (Fsp3) is 0.463. The highest BCUT2D eigenvalue weighted by molar-refractivity contribution is 7.73. The smallest absolute Gasteiger partial charge is 0.166 e. The van der Waals surface area contributed by atoms with Crippen molar-refractivity contribution in [2.75, 3.05) is 0 Å². The molecule has 2 fully saturated rings. The quantitative estimate of drug-likeness (QED) is 0.157. The second-order valence-corrected chi connectivity index (χ2v) is 19.9. The molecule has 0 heterocycles. The van der Waals surface area contributed by atoms with E-state index in [1.54, 1.807) is 12.2 Å². The summed E-state index contributed by atoms with van der Waals surface area (Å²) in [5.74, 6) is 0. The number of rotatable bonds is 8. The van der Waals surface area contributed by atoms with Gasteiger partial charge in [-0.25, -0.2) is 0 Å². The lowest BCUT2D eigenvalue weighted by molar-refractivity contribution is -0.144. The Balaban J connectivity index is 1.58. The maximum Gasteiger partial charge on any atom is 0.416 e.